The lowest BCUT2D eigenvalue weighted by atomic mass is 10.2. The van der Waals surface area contributed by atoms with E-state index in [9.17, 15) is 4.79 Å². The summed E-state index contributed by atoms with van der Waals surface area (Å²) in [5.74, 6) is -0.382. The third kappa shape index (κ3) is 2.34. The first-order valence-corrected chi connectivity index (χ1v) is 6.20. The van der Waals surface area contributed by atoms with Crippen molar-refractivity contribution in [1.82, 2.24) is 4.57 Å². The number of carbonyl (C=O) groups excluding carboxylic acids is 1. The van der Waals surface area contributed by atoms with Crippen LogP contribution >= 0.6 is 0 Å². The van der Waals surface area contributed by atoms with Crippen molar-refractivity contribution in [3.63, 3.8) is 0 Å². The standard InChI is InChI=1S/C14H15NO4/c1-15-8-11(10-4-2-3-5-12(10)15)14(16)19-13-9-17-6-7-18-13/h2-5,8,13H,6-7,9H2,1H3. The van der Waals surface area contributed by atoms with Crippen LogP contribution in [0.5, 0.6) is 0 Å². The molecule has 0 N–H and O–H groups in total. The van der Waals surface area contributed by atoms with Crippen LogP contribution in [0, 0.1) is 0 Å². The molecule has 5 nitrogen and oxygen atoms in total. The van der Waals surface area contributed by atoms with Gasteiger partial charge in [-0.1, -0.05) is 18.2 Å². The first-order valence-electron chi connectivity index (χ1n) is 6.20. The van der Waals surface area contributed by atoms with Gasteiger partial charge in [0.25, 0.3) is 0 Å². The predicted molar refractivity (Wildman–Crippen MR) is 68.9 cm³/mol. The molecule has 3 rings (SSSR count). The van der Waals surface area contributed by atoms with E-state index in [1.165, 1.54) is 0 Å². The van der Waals surface area contributed by atoms with Gasteiger partial charge in [0.15, 0.2) is 0 Å². The summed E-state index contributed by atoms with van der Waals surface area (Å²) in [5.41, 5.74) is 1.54. The Morgan fingerprint density at radius 1 is 1.37 bits per heavy atom. The second-order valence-electron chi connectivity index (χ2n) is 4.45. The second kappa shape index (κ2) is 5.03. The Bertz CT molecular complexity index is 599. The van der Waals surface area contributed by atoms with Crippen molar-refractivity contribution < 1.29 is 19.0 Å². The molecule has 1 aromatic carbocycles. The van der Waals surface area contributed by atoms with E-state index in [0.29, 0.717) is 18.8 Å². The molecule has 0 bridgehead atoms. The lowest BCUT2D eigenvalue weighted by Crippen LogP contribution is -2.32. The summed E-state index contributed by atoms with van der Waals surface area (Å²) in [6.45, 7) is 1.28. The Morgan fingerprint density at radius 2 is 2.21 bits per heavy atom. The molecule has 1 aliphatic heterocycles. The molecule has 19 heavy (non-hydrogen) atoms. The number of carbonyl (C=O) groups is 1. The van der Waals surface area contributed by atoms with Gasteiger partial charge in [-0.15, -0.1) is 0 Å². The zero-order valence-corrected chi connectivity index (χ0v) is 10.7. The average Bonchev–Trinajstić information content (AvgIpc) is 2.78. The molecule has 0 saturated carbocycles. The van der Waals surface area contributed by atoms with Crippen molar-refractivity contribution in [3.8, 4) is 0 Å². The zero-order valence-electron chi connectivity index (χ0n) is 10.7. The number of ether oxygens (including phenoxy) is 3. The number of aryl methyl sites for hydroxylation is 1. The maximum atomic E-state index is 12.2. The molecule has 1 unspecified atom stereocenters. The molecule has 1 saturated heterocycles. The minimum atomic E-state index is -0.611. The predicted octanol–water partition coefficient (Wildman–Crippen LogP) is 1.71. The van der Waals surface area contributed by atoms with E-state index >= 15 is 0 Å². The van der Waals surface area contributed by atoms with Crippen LogP contribution in [0.2, 0.25) is 0 Å². The van der Waals surface area contributed by atoms with Crippen molar-refractivity contribution in [2.45, 2.75) is 6.29 Å². The van der Waals surface area contributed by atoms with E-state index in [4.69, 9.17) is 14.2 Å². The number of hydrogen-bond acceptors (Lipinski definition) is 4. The fourth-order valence-corrected chi connectivity index (χ4v) is 2.22. The molecule has 5 heteroatoms. The van der Waals surface area contributed by atoms with Gasteiger partial charge in [0, 0.05) is 24.1 Å². The van der Waals surface area contributed by atoms with E-state index in [1.807, 2.05) is 35.9 Å². The largest absolute Gasteiger partial charge is 0.430 e. The maximum absolute atomic E-state index is 12.2. The number of fused-ring (bicyclic) bond motifs is 1. The molecule has 0 amide bonds. The molecule has 1 aromatic heterocycles. The summed E-state index contributed by atoms with van der Waals surface area (Å²) in [5, 5.41) is 0.881. The third-order valence-electron chi connectivity index (χ3n) is 3.14. The highest BCUT2D eigenvalue weighted by Gasteiger charge is 2.22. The van der Waals surface area contributed by atoms with Gasteiger partial charge >= 0.3 is 5.97 Å². The van der Waals surface area contributed by atoms with Gasteiger partial charge in [-0.3, -0.25) is 0 Å². The van der Waals surface area contributed by atoms with Crippen LogP contribution in [-0.4, -0.2) is 36.6 Å². The zero-order chi connectivity index (χ0) is 13.2. The van der Waals surface area contributed by atoms with Gasteiger partial charge in [-0.05, 0) is 6.07 Å². The molecule has 2 aromatic rings. The average molecular weight is 261 g/mol. The first kappa shape index (κ1) is 12.2. The van der Waals surface area contributed by atoms with Crippen LogP contribution in [-0.2, 0) is 21.3 Å². The summed E-state index contributed by atoms with van der Waals surface area (Å²) in [7, 11) is 1.90. The number of hydrogen-bond donors (Lipinski definition) is 0. The Morgan fingerprint density at radius 3 is 3.00 bits per heavy atom. The number of para-hydroxylation sites is 1. The van der Waals surface area contributed by atoms with Crippen LogP contribution in [0.4, 0.5) is 0 Å². The normalized spacial score (nSPS) is 19.5. The van der Waals surface area contributed by atoms with Crippen molar-refractivity contribution in [3.05, 3.63) is 36.0 Å². The Labute approximate surface area is 110 Å². The molecule has 2 heterocycles. The Kier molecular flexibility index (Phi) is 3.23. The molecule has 0 radical (unpaired) electrons. The second-order valence-corrected chi connectivity index (χ2v) is 4.45. The van der Waals surface area contributed by atoms with E-state index in [2.05, 4.69) is 0 Å². The number of aromatic nitrogens is 1. The molecular weight excluding hydrogens is 246 g/mol. The first-order chi connectivity index (χ1) is 9.25. The lowest BCUT2D eigenvalue weighted by Gasteiger charge is -2.22. The van der Waals surface area contributed by atoms with Gasteiger partial charge in [0.05, 0.1) is 18.8 Å². The molecule has 1 fully saturated rings. The number of esters is 1. The van der Waals surface area contributed by atoms with Gasteiger partial charge in [0.2, 0.25) is 6.29 Å². The molecule has 0 aliphatic carbocycles. The van der Waals surface area contributed by atoms with Crippen LogP contribution in [0.25, 0.3) is 10.9 Å². The molecule has 1 atom stereocenters. The van der Waals surface area contributed by atoms with Crippen LogP contribution in [0.3, 0.4) is 0 Å². The van der Waals surface area contributed by atoms with Crippen LogP contribution < -0.4 is 0 Å². The topological polar surface area (TPSA) is 49.7 Å². The summed E-state index contributed by atoms with van der Waals surface area (Å²) in [6, 6.07) is 7.71. The number of nitrogens with zero attached hydrogens (tertiary/aromatic N) is 1. The molecular formula is C14H15NO4. The van der Waals surface area contributed by atoms with Crippen molar-refractivity contribution in [1.29, 1.82) is 0 Å². The Hall–Kier alpha value is -1.85. The highest BCUT2D eigenvalue weighted by molar-refractivity contribution is 6.04. The fraction of sp³-hybridized carbons (Fsp3) is 0.357. The molecule has 100 valence electrons. The summed E-state index contributed by atoms with van der Waals surface area (Å²) >= 11 is 0. The van der Waals surface area contributed by atoms with Gasteiger partial charge in [-0.25, -0.2) is 4.79 Å². The van der Waals surface area contributed by atoms with E-state index in [1.54, 1.807) is 6.20 Å². The fourth-order valence-electron chi connectivity index (χ4n) is 2.22. The summed E-state index contributed by atoms with van der Waals surface area (Å²) in [4.78, 5) is 12.2. The number of benzene rings is 1. The SMILES string of the molecule is Cn1cc(C(=O)OC2COCCO2)c2ccccc21. The Balaban J connectivity index is 1.85. The van der Waals surface area contributed by atoms with Crippen molar-refractivity contribution in [2.24, 2.45) is 7.05 Å². The highest BCUT2D eigenvalue weighted by atomic mass is 16.7. The van der Waals surface area contributed by atoms with Crippen LogP contribution in [0.1, 0.15) is 10.4 Å². The molecule has 0 spiro atoms. The van der Waals surface area contributed by atoms with E-state index in [-0.39, 0.29) is 12.6 Å². The number of rotatable bonds is 2. The summed E-state index contributed by atoms with van der Waals surface area (Å²) in [6.07, 6.45) is 1.16. The third-order valence-corrected chi connectivity index (χ3v) is 3.14. The van der Waals surface area contributed by atoms with E-state index < -0.39 is 6.29 Å². The van der Waals surface area contributed by atoms with E-state index in [0.717, 1.165) is 10.9 Å². The van der Waals surface area contributed by atoms with Gasteiger partial charge in [-0.2, -0.15) is 0 Å². The van der Waals surface area contributed by atoms with Crippen LogP contribution in [0.15, 0.2) is 30.5 Å². The highest BCUT2D eigenvalue weighted by Crippen LogP contribution is 2.21. The van der Waals surface area contributed by atoms with Gasteiger partial charge < -0.3 is 18.8 Å². The quantitative estimate of drug-likeness (QED) is 0.772. The minimum Gasteiger partial charge on any atom is -0.430 e. The molecule has 1 aliphatic rings. The smallest absolute Gasteiger partial charge is 0.342 e. The summed E-state index contributed by atoms with van der Waals surface area (Å²) < 4.78 is 17.7. The maximum Gasteiger partial charge on any atom is 0.342 e. The van der Waals surface area contributed by atoms with Crippen molar-refractivity contribution >= 4 is 16.9 Å². The van der Waals surface area contributed by atoms with Gasteiger partial charge in [0.1, 0.15) is 6.61 Å². The van der Waals surface area contributed by atoms with Crippen molar-refractivity contribution in [2.75, 3.05) is 19.8 Å². The lowest BCUT2D eigenvalue weighted by molar-refractivity contribution is -0.186. The minimum absolute atomic E-state index is 0.288. The monoisotopic (exact) mass is 261 g/mol.